The van der Waals surface area contributed by atoms with Crippen molar-refractivity contribution in [2.45, 2.75) is 33.6 Å². The van der Waals surface area contributed by atoms with Crippen molar-refractivity contribution < 1.29 is 0 Å². The minimum atomic E-state index is 0.462. The third kappa shape index (κ3) is 2.12. The molecule has 0 amide bonds. The van der Waals surface area contributed by atoms with Crippen LogP contribution in [0.15, 0.2) is 16.6 Å². The number of aromatic nitrogens is 1. The Labute approximate surface area is 117 Å². The fourth-order valence-corrected chi connectivity index (χ4v) is 3.23. The highest BCUT2D eigenvalue weighted by atomic mass is 79.9. The first-order valence-corrected chi connectivity index (χ1v) is 7.03. The second-order valence-electron chi connectivity index (χ2n) is 5.03. The number of pyridine rings is 1. The van der Waals surface area contributed by atoms with Gasteiger partial charge in [-0.15, -0.1) is 0 Å². The number of nitrogens with one attached hydrogen (secondary N) is 1. The lowest BCUT2D eigenvalue weighted by Gasteiger charge is -2.18. The summed E-state index contributed by atoms with van der Waals surface area (Å²) in [5, 5.41) is 4.55. The quantitative estimate of drug-likeness (QED) is 0.863. The van der Waals surface area contributed by atoms with Crippen LogP contribution in [0.5, 0.6) is 0 Å². The van der Waals surface area contributed by atoms with E-state index in [2.05, 4.69) is 61.1 Å². The molecule has 3 heteroatoms. The maximum Gasteiger partial charge on any atom is 0.0868 e. The van der Waals surface area contributed by atoms with Crippen LogP contribution in [0.3, 0.4) is 0 Å². The number of hydrogen-bond donors (Lipinski definition) is 1. The van der Waals surface area contributed by atoms with Crippen LogP contribution in [0.4, 0.5) is 5.69 Å². The normalized spacial score (nSPS) is 11.3. The number of rotatable bonds is 2. The summed E-state index contributed by atoms with van der Waals surface area (Å²) in [6.07, 6.45) is 0. The second-order valence-corrected chi connectivity index (χ2v) is 5.89. The van der Waals surface area contributed by atoms with E-state index in [0.29, 0.717) is 5.92 Å². The number of benzene rings is 1. The van der Waals surface area contributed by atoms with Gasteiger partial charge in [-0.2, -0.15) is 0 Å². The third-order valence-corrected chi connectivity index (χ3v) is 3.85. The van der Waals surface area contributed by atoms with Gasteiger partial charge in [-0.3, -0.25) is 4.98 Å². The molecule has 2 aromatic rings. The predicted octanol–water partition coefficient (Wildman–Crippen LogP) is 4.78. The molecule has 0 aliphatic carbocycles. The van der Waals surface area contributed by atoms with Crippen molar-refractivity contribution in [3.8, 4) is 0 Å². The average molecular weight is 307 g/mol. The molecule has 0 radical (unpaired) electrons. The maximum atomic E-state index is 4.76. The van der Waals surface area contributed by atoms with Crippen molar-refractivity contribution in [1.82, 2.24) is 4.98 Å². The van der Waals surface area contributed by atoms with E-state index in [1.54, 1.807) is 0 Å². The Kier molecular flexibility index (Phi) is 3.62. The summed E-state index contributed by atoms with van der Waals surface area (Å²) >= 11 is 3.62. The van der Waals surface area contributed by atoms with Gasteiger partial charge in [-0.05, 0) is 59.0 Å². The molecule has 0 spiro atoms. The lowest BCUT2D eigenvalue weighted by atomic mass is 9.96. The van der Waals surface area contributed by atoms with Gasteiger partial charge in [0.25, 0.3) is 0 Å². The molecular formula is C15H19BrN2. The van der Waals surface area contributed by atoms with Crippen molar-refractivity contribution in [3.05, 3.63) is 33.4 Å². The minimum absolute atomic E-state index is 0.462. The van der Waals surface area contributed by atoms with E-state index in [4.69, 9.17) is 4.98 Å². The number of hydrogen-bond acceptors (Lipinski definition) is 2. The number of fused-ring (bicyclic) bond motifs is 1. The highest BCUT2D eigenvalue weighted by Crippen LogP contribution is 2.36. The summed E-state index contributed by atoms with van der Waals surface area (Å²) in [7, 11) is 1.98. The summed E-state index contributed by atoms with van der Waals surface area (Å²) in [5.41, 5.74) is 5.89. The van der Waals surface area contributed by atoms with Gasteiger partial charge < -0.3 is 5.32 Å². The lowest BCUT2D eigenvalue weighted by Crippen LogP contribution is -2.04. The van der Waals surface area contributed by atoms with Gasteiger partial charge in [-0.25, -0.2) is 0 Å². The standard InChI is InChI=1S/C15H19BrN2/c1-8(2)13-10(4)18-14-11(15(13)17-5)6-9(3)7-12(14)16/h6-8H,1-5H3,(H,17,18). The third-order valence-electron chi connectivity index (χ3n) is 3.24. The monoisotopic (exact) mass is 306 g/mol. The number of nitrogens with zero attached hydrogens (tertiary/aromatic N) is 1. The van der Waals surface area contributed by atoms with Gasteiger partial charge in [0.05, 0.1) is 5.52 Å². The molecule has 0 bridgehead atoms. The van der Waals surface area contributed by atoms with Gasteiger partial charge in [0, 0.05) is 28.3 Å². The van der Waals surface area contributed by atoms with E-state index in [0.717, 1.165) is 15.7 Å². The van der Waals surface area contributed by atoms with Gasteiger partial charge in [0.2, 0.25) is 0 Å². The summed E-state index contributed by atoms with van der Waals surface area (Å²) in [6, 6.07) is 4.31. The molecule has 1 aromatic carbocycles. The number of halogens is 1. The fourth-order valence-electron chi connectivity index (χ4n) is 2.57. The van der Waals surface area contributed by atoms with Crippen LogP contribution in [-0.4, -0.2) is 12.0 Å². The van der Waals surface area contributed by atoms with Gasteiger partial charge in [0.15, 0.2) is 0 Å². The zero-order valence-corrected chi connectivity index (χ0v) is 13.1. The van der Waals surface area contributed by atoms with E-state index in [-0.39, 0.29) is 0 Å². The smallest absolute Gasteiger partial charge is 0.0868 e. The molecule has 18 heavy (non-hydrogen) atoms. The predicted molar refractivity (Wildman–Crippen MR) is 82.6 cm³/mol. The van der Waals surface area contributed by atoms with E-state index < -0.39 is 0 Å². The zero-order valence-electron chi connectivity index (χ0n) is 11.6. The molecule has 0 saturated carbocycles. The lowest BCUT2D eigenvalue weighted by molar-refractivity contribution is 0.849. The summed E-state index contributed by atoms with van der Waals surface area (Å²) in [6.45, 7) is 8.61. The zero-order chi connectivity index (χ0) is 13.4. The van der Waals surface area contributed by atoms with E-state index in [1.165, 1.54) is 22.2 Å². The first-order valence-electron chi connectivity index (χ1n) is 6.23. The summed E-state index contributed by atoms with van der Waals surface area (Å²) < 4.78 is 1.06. The first kappa shape index (κ1) is 13.3. The highest BCUT2D eigenvalue weighted by molar-refractivity contribution is 9.10. The Bertz CT molecular complexity index is 603. The van der Waals surface area contributed by atoms with Crippen LogP contribution in [-0.2, 0) is 0 Å². The van der Waals surface area contributed by atoms with Gasteiger partial charge >= 0.3 is 0 Å². The molecular weight excluding hydrogens is 288 g/mol. The molecule has 2 rings (SSSR count). The Hall–Kier alpha value is -1.09. The first-order chi connectivity index (χ1) is 8.45. The van der Waals surface area contributed by atoms with Crippen molar-refractivity contribution >= 4 is 32.5 Å². The SMILES string of the molecule is CNc1c(C(C)C)c(C)nc2c(Br)cc(C)cc12. The molecule has 0 saturated heterocycles. The maximum absolute atomic E-state index is 4.76. The summed E-state index contributed by atoms with van der Waals surface area (Å²) in [4.78, 5) is 4.76. The van der Waals surface area contributed by atoms with Crippen LogP contribution in [0.25, 0.3) is 10.9 Å². The molecule has 0 unspecified atom stereocenters. The topological polar surface area (TPSA) is 24.9 Å². The highest BCUT2D eigenvalue weighted by Gasteiger charge is 2.16. The molecule has 1 heterocycles. The molecule has 1 N–H and O–H groups in total. The fraction of sp³-hybridized carbons (Fsp3) is 0.400. The minimum Gasteiger partial charge on any atom is -0.387 e. The van der Waals surface area contributed by atoms with E-state index >= 15 is 0 Å². The van der Waals surface area contributed by atoms with Crippen molar-refractivity contribution in [2.24, 2.45) is 0 Å². The molecule has 96 valence electrons. The molecule has 1 aromatic heterocycles. The van der Waals surface area contributed by atoms with E-state index in [1.807, 2.05) is 7.05 Å². The number of aryl methyl sites for hydroxylation is 2. The summed E-state index contributed by atoms with van der Waals surface area (Å²) in [5.74, 6) is 0.462. The average Bonchev–Trinajstić information content (AvgIpc) is 2.28. The van der Waals surface area contributed by atoms with Gasteiger partial charge in [-0.1, -0.05) is 13.8 Å². The van der Waals surface area contributed by atoms with Crippen LogP contribution in [0.1, 0.15) is 36.6 Å². The molecule has 0 aliphatic heterocycles. The second kappa shape index (κ2) is 4.88. The Morgan fingerprint density at radius 1 is 1.22 bits per heavy atom. The van der Waals surface area contributed by atoms with Crippen LogP contribution >= 0.6 is 15.9 Å². The molecule has 0 atom stereocenters. The van der Waals surface area contributed by atoms with Crippen LogP contribution in [0, 0.1) is 13.8 Å². The van der Waals surface area contributed by atoms with Crippen molar-refractivity contribution in [3.63, 3.8) is 0 Å². The largest absolute Gasteiger partial charge is 0.387 e. The Morgan fingerprint density at radius 3 is 2.44 bits per heavy atom. The van der Waals surface area contributed by atoms with E-state index in [9.17, 15) is 0 Å². The van der Waals surface area contributed by atoms with Crippen LogP contribution in [0.2, 0.25) is 0 Å². The van der Waals surface area contributed by atoms with Crippen LogP contribution < -0.4 is 5.32 Å². The molecule has 2 nitrogen and oxygen atoms in total. The molecule has 0 aliphatic rings. The Morgan fingerprint density at radius 2 is 1.89 bits per heavy atom. The van der Waals surface area contributed by atoms with Gasteiger partial charge in [0.1, 0.15) is 0 Å². The van der Waals surface area contributed by atoms with Crippen molar-refractivity contribution in [2.75, 3.05) is 12.4 Å². The number of anilines is 1. The Balaban J connectivity index is 2.94. The van der Waals surface area contributed by atoms with Crippen molar-refractivity contribution in [1.29, 1.82) is 0 Å². The molecule has 0 fully saturated rings.